The molecule has 2 fully saturated rings. The van der Waals surface area contributed by atoms with Crippen LogP contribution >= 0.6 is 23.2 Å². The van der Waals surface area contributed by atoms with Crippen LogP contribution < -0.4 is 4.90 Å². The second-order valence-corrected chi connectivity index (χ2v) is 9.07. The highest BCUT2D eigenvalue weighted by Crippen LogP contribution is 2.46. The van der Waals surface area contributed by atoms with E-state index in [4.69, 9.17) is 37.7 Å². The van der Waals surface area contributed by atoms with Crippen LogP contribution in [0.2, 0.25) is 10.0 Å². The van der Waals surface area contributed by atoms with E-state index in [-0.39, 0.29) is 6.10 Å². The van der Waals surface area contributed by atoms with E-state index in [1.807, 2.05) is 24.3 Å². The molecule has 5 rings (SSSR count). The van der Waals surface area contributed by atoms with Crippen LogP contribution in [0.1, 0.15) is 48.6 Å². The van der Waals surface area contributed by atoms with E-state index in [0.29, 0.717) is 39.5 Å². The van der Waals surface area contributed by atoms with E-state index >= 15 is 0 Å². The summed E-state index contributed by atoms with van der Waals surface area (Å²) in [6.45, 7) is 2.18. The van der Waals surface area contributed by atoms with Crippen LogP contribution in [0.25, 0.3) is 11.3 Å². The highest BCUT2D eigenvalue weighted by Gasteiger charge is 2.34. The number of anilines is 1. The minimum Gasteiger partial charge on any atom is -0.373 e. The van der Waals surface area contributed by atoms with Gasteiger partial charge in [0.25, 0.3) is 0 Å². The van der Waals surface area contributed by atoms with Crippen molar-refractivity contribution in [3.63, 3.8) is 0 Å². The number of aromatic nitrogens is 2. The van der Waals surface area contributed by atoms with Crippen molar-refractivity contribution in [3.05, 3.63) is 63.6 Å². The largest absolute Gasteiger partial charge is 0.373 e. The van der Waals surface area contributed by atoms with Gasteiger partial charge >= 0.3 is 0 Å². The van der Waals surface area contributed by atoms with Crippen LogP contribution in [-0.2, 0) is 11.3 Å². The van der Waals surface area contributed by atoms with Crippen molar-refractivity contribution >= 4 is 28.9 Å². The molecular formula is C24H22Cl2N4O2. The zero-order chi connectivity index (χ0) is 22.1. The molecule has 0 bridgehead atoms. The van der Waals surface area contributed by atoms with E-state index in [1.54, 1.807) is 12.3 Å². The third kappa shape index (κ3) is 4.33. The van der Waals surface area contributed by atoms with Gasteiger partial charge < -0.3 is 14.2 Å². The molecule has 3 aromatic rings. The summed E-state index contributed by atoms with van der Waals surface area (Å²) in [6, 6.07) is 11.2. The fourth-order valence-electron chi connectivity index (χ4n) is 4.17. The molecule has 1 aliphatic carbocycles. The van der Waals surface area contributed by atoms with Crippen molar-refractivity contribution in [1.29, 1.82) is 5.26 Å². The average Bonchev–Trinajstić information content (AvgIpc) is 3.58. The lowest BCUT2D eigenvalue weighted by Gasteiger charge is -2.33. The van der Waals surface area contributed by atoms with Gasteiger partial charge in [-0.2, -0.15) is 5.26 Å². The molecule has 8 heteroatoms. The molecule has 0 amide bonds. The molecule has 0 atom stereocenters. The van der Waals surface area contributed by atoms with Crippen LogP contribution in [0.3, 0.4) is 0 Å². The highest BCUT2D eigenvalue weighted by molar-refractivity contribution is 6.39. The zero-order valence-electron chi connectivity index (χ0n) is 17.4. The molecule has 6 nitrogen and oxygen atoms in total. The summed E-state index contributed by atoms with van der Waals surface area (Å²) < 4.78 is 12.1. The highest BCUT2D eigenvalue weighted by atomic mass is 35.5. The quantitative estimate of drug-likeness (QED) is 0.442. The summed E-state index contributed by atoms with van der Waals surface area (Å²) >= 11 is 12.9. The molecule has 2 aromatic heterocycles. The average molecular weight is 469 g/mol. The van der Waals surface area contributed by atoms with Crippen molar-refractivity contribution in [1.82, 2.24) is 10.1 Å². The van der Waals surface area contributed by atoms with Crippen LogP contribution in [0.4, 0.5) is 5.69 Å². The minimum absolute atomic E-state index is 0.147. The summed E-state index contributed by atoms with van der Waals surface area (Å²) in [5.74, 6) is 1.30. The molecule has 3 heterocycles. The monoisotopic (exact) mass is 468 g/mol. The van der Waals surface area contributed by atoms with Crippen LogP contribution in [0.5, 0.6) is 0 Å². The zero-order valence-corrected chi connectivity index (χ0v) is 18.9. The van der Waals surface area contributed by atoms with Gasteiger partial charge in [-0.3, -0.25) is 0 Å². The normalized spacial score (nSPS) is 16.8. The Balaban J connectivity index is 1.27. The Morgan fingerprint density at radius 2 is 1.84 bits per heavy atom. The van der Waals surface area contributed by atoms with Gasteiger partial charge in [0.2, 0.25) is 0 Å². The molecule has 1 saturated heterocycles. The summed E-state index contributed by atoms with van der Waals surface area (Å²) in [4.78, 5) is 6.45. The fraction of sp³-hybridized carbons (Fsp3) is 0.375. The van der Waals surface area contributed by atoms with Crippen molar-refractivity contribution in [2.45, 2.75) is 44.3 Å². The number of nitrogens with zero attached hydrogens (tertiary/aromatic N) is 4. The standard InChI is InChI=1S/C24H22Cl2N4O2/c25-20-2-1-3-21(26)22(20)23-19(24(32-29-23)15-4-5-15)14-31-18-8-10-30(11-9-18)17-7-6-16(12-27)28-13-17/h1-3,6-7,13,15,18H,4-5,8-11,14H2. The first kappa shape index (κ1) is 21.3. The van der Waals surface area contributed by atoms with Crippen molar-refractivity contribution in [3.8, 4) is 17.3 Å². The number of rotatable bonds is 6. The molecule has 0 radical (unpaired) electrons. The number of halogens is 2. The first-order chi connectivity index (χ1) is 15.6. The Morgan fingerprint density at radius 1 is 1.09 bits per heavy atom. The third-order valence-electron chi connectivity index (χ3n) is 6.10. The molecule has 0 unspecified atom stereocenters. The number of nitriles is 1. The lowest BCUT2D eigenvalue weighted by molar-refractivity contribution is 0.0246. The number of pyridine rings is 1. The lowest BCUT2D eigenvalue weighted by Crippen LogP contribution is -2.37. The van der Waals surface area contributed by atoms with Gasteiger partial charge in [0, 0.05) is 30.1 Å². The fourth-order valence-corrected chi connectivity index (χ4v) is 4.75. The SMILES string of the molecule is N#Cc1ccc(N2CCC(OCc3c(-c4c(Cl)cccc4Cl)noc3C3CC3)CC2)cn1. The first-order valence-electron chi connectivity index (χ1n) is 10.8. The maximum absolute atomic E-state index is 8.92. The third-order valence-corrected chi connectivity index (χ3v) is 6.73. The summed E-state index contributed by atoms with van der Waals surface area (Å²) in [6.07, 6.45) is 5.94. The molecule has 1 saturated carbocycles. The van der Waals surface area contributed by atoms with E-state index in [0.717, 1.165) is 55.8 Å². The molecular weight excluding hydrogens is 447 g/mol. The molecule has 1 aliphatic heterocycles. The Morgan fingerprint density at radius 3 is 2.47 bits per heavy atom. The molecule has 0 N–H and O–H groups in total. The number of benzene rings is 1. The lowest BCUT2D eigenvalue weighted by atomic mass is 10.0. The molecule has 2 aliphatic rings. The molecule has 164 valence electrons. The Kier molecular flexibility index (Phi) is 6.05. The van der Waals surface area contributed by atoms with E-state index < -0.39 is 0 Å². The van der Waals surface area contributed by atoms with Crippen molar-refractivity contribution in [2.75, 3.05) is 18.0 Å². The van der Waals surface area contributed by atoms with Gasteiger partial charge in [0.1, 0.15) is 23.2 Å². The number of hydrogen-bond acceptors (Lipinski definition) is 6. The first-order valence-corrected chi connectivity index (χ1v) is 11.5. The summed E-state index contributed by atoms with van der Waals surface area (Å²) in [7, 11) is 0. The van der Waals surface area contributed by atoms with Crippen LogP contribution in [0, 0.1) is 11.3 Å². The second kappa shape index (κ2) is 9.11. The van der Waals surface area contributed by atoms with Crippen molar-refractivity contribution < 1.29 is 9.26 Å². The maximum atomic E-state index is 8.92. The van der Waals surface area contributed by atoms with Crippen LogP contribution in [0.15, 0.2) is 41.1 Å². The van der Waals surface area contributed by atoms with Gasteiger partial charge in [-0.25, -0.2) is 4.98 Å². The number of ether oxygens (including phenoxy) is 1. The second-order valence-electron chi connectivity index (χ2n) is 8.26. The van der Waals surface area contributed by atoms with E-state index in [2.05, 4.69) is 21.1 Å². The number of hydrogen-bond donors (Lipinski definition) is 0. The minimum atomic E-state index is 0.147. The van der Waals surface area contributed by atoms with Gasteiger partial charge in [-0.15, -0.1) is 0 Å². The Bertz CT molecular complexity index is 1120. The molecule has 1 aromatic carbocycles. The van der Waals surface area contributed by atoms with Crippen LogP contribution in [-0.4, -0.2) is 29.3 Å². The predicted molar refractivity (Wildman–Crippen MR) is 123 cm³/mol. The van der Waals surface area contributed by atoms with E-state index in [1.165, 1.54) is 0 Å². The van der Waals surface area contributed by atoms with Crippen molar-refractivity contribution in [2.24, 2.45) is 0 Å². The molecule has 0 spiro atoms. The van der Waals surface area contributed by atoms with Gasteiger partial charge in [0.05, 0.1) is 34.6 Å². The maximum Gasteiger partial charge on any atom is 0.145 e. The summed E-state index contributed by atoms with van der Waals surface area (Å²) in [5.41, 5.74) is 3.81. The predicted octanol–water partition coefficient (Wildman–Crippen LogP) is 5.98. The van der Waals surface area contributed by atoms with Gasteiger partial charge in [0.15, 0.2) is 0 Å². The topological polar surface area (TPSA) is 75.2 Å². The summed E-state index contributed by atoms with van der Waals surface area (Å²) in [5, 5.41) is 14.4. The van der Waals surface area contributed by atoms with Gasteiger partial charge in [-0.1, -0.05) is 34.4 Å². The Labute approximate surface area is 196 Å². The smallest absolute Gasteiger partial charge is 0.145 e. The van der Waals surface area contributed by atoms with Gasteiger partial charge in [-0.05, 0) is 49.9 Å². The van der Waals surface area contributed by atoms with E-state index in [9.17, 15) is 0 Å². The number of piperidine rings is 1. The molecule has 32 heavy (non-hydrogen) atoms. The Hall–Kier alpha value is -2.59.